The molecule has 0 saturated heterocycles. The highest BCUT2D eigenvalue weighted by Gasteiger charge is 2.21. The molecule has 0 atom stereocenters. The zero-order valence-corrected chi connectivity index (χ0v) is 12.8. The molecule has 0 spiro atoms. The molecule has 1 aromatic rings. The van der Waals surface area contributed by atoms with Gasteiger partial charge in [-0.05, 0) is 45.4 Å². The Labute approximate surface area is 124 Å². The number of carbonyl (C=O) groups is 2. The van der Waals surface area contributed by atoms with E-state index in [1.165, 1.54) is 6.08 Å². The summed E-state index contributed by atoms with van der Waals surface area (Å²) in [5, 5.41) is 1.13. The molecule has 1 N–H and O–H groups in total. The first kappa shape index (κ1) is 16.7. The maximum atomic E-state index is 11.9. The lowest BCUT2D eigenvalue weighted by molar-refractivity contribution is -0.121. The van der Waals surface area contributed by atoms with Gasteiger partial charge in [-0.15, -0.1) is 0 Å². The number of ether oxygens (including phenoxy) is 1. The molecule has 1 heterocycles. The molecule has 21 heavy (non-hydrogen) atoms. The van der Waals surface area contributed by atoms with Crippen molar-refractivity contribution in [3.8, 4) is 0 Å². The second-order valence-corrected chi connectivity index (χ2v) is 5.32. The minimum atomic E-state index is -0.610. The Morgan fingerprint density at radius 3 is 2.67 bits per heavy atom. The van der Waals surface area contributed by atoms with Crippen molar-refractivity contribution >= 4 is 18.1 Å². The third-order valence-electron chi connectivity index (χ3n) is 2.29. The van der Waals surface area contributed by atoms with Gasteiger partial charge in [0.2, 0.25) is 0 Å². The van der Waals surface area contributed by atoms with E-state index >= 15 is 0 Å². The molecule has 0 fully saturated rings. The first-order valence-electron chi connectivity index (χ1n) is 6.71. The molecule has 6 nitrogen and oxygen atoms in total. The van der Waals surface area contributed by atoms with Gasteiger partial charge in [0.25, 0.3) is 5.91 Å². The van der Waals surface area contributed by atoms with E-state index in [9.17, 15) is 9.59 Å². The molecule has 6 heteroatoms. The number of nitrogens with zero attached hydrogens (tertiary/aromatic N) is 2. The van der Waals surface area contributed by atoms with Gasteiger partial charge in [-0.3, -0.25) is 15.2 Å². The highest BCUT2D eigenvalue weighted by Crippen LogP contribution is 2.08. The number of nitrogens with one attached hydrogen (secondary N) is 1. The van der Waals surface area contributed by atoms with Crippen molar-refractivity contribution in [2.24, 2.45) is 0 Å². The predicted octanol–water partition coefficient (Wildman–Crippen LogP) is 2.38. The fraction of sp³-hybridized carbons (Fsp3) is 0.400. The smallest absolute Gasteiger partial charge is 0.429 e. The minimum Gasteiger partial charge on any atom is -0.442 e. The lowest BCUT2D eigenvalue weighted by Crippen LogP contribution is -2.47. The molecule has 114 valence electrons. The van der Waals surface area contributed by atoms with Crippen LogP contribution in [-0.2, 0) is 9.53 Å². The molecule has 0 aliphatic rings. The molecular weight excluding hydrogens is 270 g/mol. The van der Waals surface area contributed by atoms with Gasteiger partial charge in [0.05, 0.1) is 0 Å². The highest BCUT2D eigenvalue weighted by molar-refractivity contribution is 5.92. The van der Waals surface area contributed by atoms with Crippen molar-refractivity contribution in [1.82, 2.24) is 15.4 Å². The standard InChI is InChI=1S/C15H21N3O3/c1-5-18(14(20)21-15(2,3)4)17-13(19)9-8-12-7-6-10-16-11-12/h6-11H,5H2,1-4H3,(H,17,19)/b9-8+. The van der Waals surface area contributed by atoms with Gasteiger partial charge >= 0.3 is 6.09 Å². The minimum absolute atomic E-state index is 0.307. The third kappa shape index (κ3) is 6.56. The highest BCUT2D eigenvalue weighted by atomic mass is 16.6. The summed E-state index contributed by atoms with van der Waals surface area (Å²) in [5.74, 6) is -0.411. The Kier molecular flexibility index (Phi) is 5.90. The number of aromatic nitrogens is 1. The van der Waals surface area contributed by atoms with Crippen molar-refractivity contribution in [2.45, 2.75) is 33.3 Å². The van der Waals surface area contributed by atoms with Crippen molar-refractivity contribution in [3.63, 3.8) is 0 Å². The summed E-state index contributed by atoms with van der Waals surface area (Å²) < 4.78 is 5.19. The first-order chi connectivity index (χ1) is 9.81. The van der Waals surface area contributed by atoms with Crippen LogP contribution in [0.15, 0.2) is 30.6 Å². The molecule has 0 aliphatic heterocycles. The number of hydrogen-bond donors (Lipinski definition) is 1. The largest absolute Gasteiger partial charge is 0.442 e. The monoisotopic (exact) mass is 291 g/mol. The van der Waals surface area contributed by atoms with Gasteiger partial charge < -0.3 is 4.74 Å². The summed E-state index contributed by atoms with van der Waals surface area (Å²) in [4.78, 5) is 27.6. The van der Waals surface area contributed by atoms with Crippen LogP contribution in [0, 0.1) is 0 Å². The molecule has 0 aromatic carbocycles. The SMILES string of the molecule is CCN(NC(=O)/C=C/c1cccnc1)C(=O)OC(C)(C)C. The lowest BCUT2D eigenvalue weighted by Gasteiger charge is -2.26. The second-order valence-electron chi connectivity index (χ2n) is 5.32. The fourth-order valence-corrected chi connectivity index (χ4v) is 1.39. The van der Waals surface area contributed by atoms with Crippen LogP contribution in [0.2, 0.25) is 0 Å². The molecule has 0 saturated carbocycles. The van der Waals surface area contributed by atoms with E-state index < -0.39 is 17.6 Å². The van der Waals surface area contributed by atoms with E-state index in [1.54, 1.807) is 52.2 Å². The van der Waals surface area contributed by atoms with Crippen LogP contribution < -0.4 is 5.43 Å². The summed E-state index contributed by atoms with van der Waals surface area (Å²) in [6.07, 6.45) is 5.65. The molecule has 2 amide bonds. The molecule has 0 aliphatic carbocycles. The summed E-state index contributed by atoms with van der Waals surface area (Å²) in [5.41, 5.74) is 2.66. The Morgan fingerprint density at radius 2 is 2.14 bits per heavy atom. The van der Waals surface area contributed by atoms with E-state index in [1.807, 2.05) is 6.07 Å². The maximum Gasteiger partial charge on any atom is 0.429 e. The van der Waals surface area contributed by atoms with Gasteiger partial charge in [-0.25, -0.2) is 9.80 Å². The topological polar surface area (TPSA) is 71.5 Å². The van der Waals surface area contributed by atoms with Gasteiger partial charge in [0.1, 0.15) is 5.60 Å². The Hall–Kier alpha value is -2.37. The van der Waals surface area contributed by atoms with Crippen molar-refractivity contribution in [1.29, 1.82) is 0 Å². The number of pyridine rings is 1. The van der Waals surface area contributed by atoms with Gasteiger partial charge in [0, 0.05) is 25.0 Å². The van der Waals surface area contributed by atoms with Crippen molar-refractivity contribution < 1.29 is 14.3 Å². The molecule has 0 radical (unpaired) electrons. The number of amides is 2. The van der Waals surface area contributed by atoms with Crippen LogP contribution in [0.1, 0.15) is 33.3 Å². The van der Waals surface area contributed by atoms with Gasteiger partial charge in [-0.2, -0.15) is 0 Å². The van der Waals surface area contributed by atoms with Gasteiger partial charge in [0.15, 0.2) is 0 Å². The summed E-state index contributed by atoms with van der Waals surface area (Å²) >= 11 is 0. The van der Waals surface area contributed by atoms with Crippen LogP contribution >= 0.6 is 0 Å². The van der Waals surface area contributed by atoms with E-state index in [0.29, 0.717) is 6.54 Å². The molecule has 0 unspecified atom stereocenters. The summed E-state index contributed by atoms with van der Waals surface area (Å²) in [6, 6.07) is 3.60. The zero-order chi connectivity index (χ0) is 15.9. The van der Waals surface area contributed by atoms with Crippen molar-refractivity contribution in [2.75, 3.05) is 6.54 Å². The molecule has 1 rings (SSSR count). The Morgan fingerprint density at radius 1 is 1.43 bits per heavy atom. The van der Waals surface area contributed by atoms with Crippen molar-refractivity contribution in [3.05, 3.63) is 36.2 Å². The maximum absolute atomic E-state index is 11.9. The molecule has 1 aromatic heterocycles. The first-order valence-corrected chi connectivity index (χ1v) is 6.71. The van der Waals surface area contributed by atoms with Crippen LogP contribution in [0.4, 0.5) is 4.79 Å². The quantitative estimate of drug-likeness (QED) is 0.685. The zero-order valence-electron chi connectivity index (χ0n) is 12.8. The second kappa shape index (κ2) is 7.42. The van der Waals surface area contributed by atoms with E-state index in [4.69, 9.17) is 4.74 Å². The summed E-state index contributed by atoms with van der Waals surface area (Å²) in [6.45, 7) is 7.35. The average molecular weight is 291 g/mol. The van der Waals surface area contributed by atoms with Crippen LogP contribution in [0.25, 0.3) is 6.08 Å². The lowest BCUT2D eigenvalue weighted by atomic mass is 10.2. The molecule has 0 bridgehead atoms. The average Bonchev–Trinajstić information content (AvgIpc) is 2.41. The normalized spacial score (nSPS) is 11.2. The van der Waals surface area contributed by atoms with Crippen LogP contribution in [0.3, 0.4) is 0 Å². The Balaban J connectivity index is 2.59. The van der Waals surface area contributed by atoms with Crippen LogP contribution in [-0.4, -0.2) is 34.1 Å². The van der Waals surface area contributed by atoms with E-state index in [-0.39, 0.29) is 0 Å². The van der Waals surface area contributed by atoms with E-state index in [0.717, 1.165) is 10.6 Å². The fourth-order valence-electron chi connectivity index (χ4n) is 1.39. The molecular formula is C15H21N3O3. The van der Waals surface area contributed by atoms with Gasteiger partial charge in [-0.1, -0.05) is 6.07 Å². The predicted molar refractivity (Wildman–Crippen MR) is 80.0 cm³/mol. The number of hydrazine groups is 1. The summed E-state index contributed by atoms with van der Waals surface area (Å²) in [7, 11) is 0. The Bertz CT molecular complexity index is 507. The van der Waals surface area contributed by atoms with E-state index in [2.05, 4.69) is 10.4 Å². The third-order valence-corrected chi connectivity index (χ3v) is 2.29. The van der Waals surface area contributed by atoms with Crippen LogP contribution in [0.5, 0.6) is 0 Å². The number of carbonyl (C=O) groups excluding carboxylic acids is 2. The number of hydrogen-bond acceptors (Lipinski definition) is 4. The number of rotatable bonds is 3.